The van der Waals surface area contributed by atoms with Gasteiger partial charge >= 0.3 is 6.03 Å². The largest absolute Gasteiger partial charge is 0.338 e. The third-order valence-corrected chi connectivity index (χ3v) is 4.79. The maximum atomic E-state index is 11.9. The van der Waals surface area contributed by atoms with Crippen LogP contribution in [0, 0.1) is 0 Å². The Morgan fingerprint density at radius 3 is 2.52 bits per heavy atom. The number of quaternary nitrogens is 1. The fourth-order valence-corrected chi connectivity index (χ4v) is 3.31. The van der Waals surface area contributed by atoms with Gasteiger partial charge in [-0.1, -0.05) is 32.0 Å². The first-order valence-electron chi connectivity index (χ1n) is 8.88. The monoisotopic (exact) mass is 371 g/mol. The molecule has 0 aromatic carbocycles. The van der Waals surface area contributed by atoms with Crippen molar-refractivity contribution in [2.45, 2.75) is 57.8 Å². The van der Waals surface area contributed by atoms with Crippen LogP contribution in [-0.2, 0) is 11.3 Å². The van der Waals surface area contributed by atoms with Crippen LogP contribution in [0.4, 0.5) is 4.79 Å². The Balaban J connectivity index is 2.83. The second-order valence-electron chi connectivity index (χ2n) is 6.08. The maximum Gasteiger partial charge on any atom is 0.321 e. The summed E-state index contributed by atoms with van der Waals surface area (Å²) in [4.78, 5) is 24.6. The Morgan fingerprint density at radius 1 is 1.24 bits per heavy atom. The smallest absolute Gasteiger partial charge is 0.321 e. The summed E-state index contributed by atoms with van der Waals surface area (Å²) in [5.74, 6) is 0.753. The third-order valence-electron chi connectivity index (χ3n) is 3.82. The van der Waals surface area contributed by atoms with Gasteiger partial charge in [-0.25, -0.2) is 4.79 Å². The highest BCUT2D eigenvalue weighted by atomic mass is 32.2. The molecule has 0 aliphatic rings. The number of aromatic nitrogens is 3. The highest BCUT2D eigenvalue weighted by molar-refractivity contribution is 7.99. The highest BCUT2D eigenvalue weighted by Gasteiger charge is 2.25. The Kier molecular flexibility index (Phi) is 9.51. The van der Waals surface area contributed by atoms with Gasteiger partial charge in [-0.3, -0.25) is 10.1 Å². The van der Waals surface area contributed by atoms with Gasteiger partial charge in [0, 0.05) is 19.5 Å². The van der Waals surface area contributed by atoms with Crippen molar-refractivity contribution in [2.24, 2.45) is 0 Å². The zero-order valence-electron chi connectivity index (χ0n) is 15.9. The minimum Gasteiger partial charge on any atom is -0.338 e. The van der Waals surface area contributed by atoms with Crippen molar-refractivity contribution in [2.75, 3.05) is 26.4 Å². The Morgan fingerprint density at radius 2 is 1.96 bits per heavy atom. The predicted octanol–water partition coefficient (Wildman–Crippen LogP) is 0.612. The van der Waals surface area contributed by atoms with E-state index < -0.39 is 6.03 Å². The van der Waals surface area contributed by atoms with Gasteiger partial charge in [0.25, 0.3) is 0 Å². The topological polar surface area (TPSA) is 93.4 Å². The van der Waals surface area contributed by atoms with Gasteiger partial charge in [0.2, 0.25) is 5.91 Å². The quantitative estimate of drug-likeness (QED) is 0.524. The van der Waals surface area contributed by atoms with Gasteiger partial charge in [0.05, 0.1) is 19.8 Å². The van der Waals surface area contributed by atoms with Crippen LogP contribution < -0.4 is 15.5 Å². The summed E-state index contributed by atoms with van der Waals surface area (Å²) in [6, 6.07) is -0.202. The zero-order valence-corrected chi connectivity index (χ0v) is 16.7. The first-order valence-corrected chi connectivity index (χ1v) is 9.86. The number of unbranched alkanes of at least 4 members (excludes halogenated alkanes) is 1. The lowest BCUT2D eigenvalue weighted by Crippen LogP contribution is -3.06. The molecule has 3 amide bonds. The van der Waals surface area contributed by atoms with Crippen molar-refractivity contribution in [3.05, 3.63) is 5.82 Å². The lowest BCUT2D eigenvalue weighted by Gasteiger charge is -2.20. The molecule has 142 valence electrons. The molecule has 9 heteroatoms. The molecule has 1 aromatic rings. The molecule has 0 unspecified atom stereocenters. The van der Waals surface area contributed by atoms with Crippen LogP contribution in [0.1, 0.15) is 51.9 Å². The average molecular weight is 372 g/mol. The third kappa shape index (κ3) is 6.66. The van der Waals surface area contributed by atoms with Crippen LogP contribution in [0.15, 0.2) is 5.16 Å². The molecule has 0 fully saturated rings. The fraction of sp³-hybridized carbons (Fsp3) is 0.750. The molecule has 0 aliphatic carbocycles. The van der Waals surface area contributed by atoms with Crippen molar-refractivity contribution in [1.82, 2.24) is 25.4 Å². The number of nitrogens with zero attached hydrogens (tertiary/aromatic N) is 3. The number of imide groups is 1. The zero-order chi connectivity index (χ0) is 18.8. The molecule has 8 nitrogen and oxygen atoms in total. The lowest BCUT2D eigenvalue weighted by molar-refractivity contribution is -0.893. The molecule has 1 heterocycles. The van der Waals surface area contributed by atoms with Gasteiger partial charge in [0.1, 0.15) is 6.04 Å². The standard InChI is InChI=1S/C16H30N6O2S/c1-6-9-10-22-14(12(7-2)21(4)5)19-20-16(22)25-11-13(23)18-15(24)17-8-3/h12H,6-11H2,1-5H3,(H2,17,18,23,24)/p+1/t12-/m0/s1. The van der Waals surface area contributed by atoms with Crippen LogP contribution in [0.5, 0.6) is 0 Å². The van der Waals surface area contributed by atoms with Crippen molar-refractivity contribution < 1.29 is 14.5 Å². The van der Waals surface area contributed by atoms with Crippen LogP contribution in [0.2, 0.25) is 0 Å². The number of hydrogen-bond donors (Lipinski definition) is 3. The summed E-state index contributed by atoms with van der Waals surface area (Å²) in [5, 5.41) is 14.2. The second kappa shape index (κ2) is 11.1. The van der Waals surface area contributed by atoms with Crippen LogP contribution in [0.25, 0.3) is 0 Å². The van der Waals surface area contributed by atoms with E-state index in [9.17, 15) is 9.59 Å². The maximum absolute atomic E-state index is 11.9. The van der Waals surface area contributed by atoms with E-state index in [1.807, 2.05) is 0 Å². The second-order valence-corrected chi connectivity index (χ2v) is 7.02. The Labute approximate surface area is 154 Å². The van der Waals surface area contributed by atoms with E-state index in [0.29, 0.717) is 6.54 Å². The van der Waals surface area contributed by atoms with Crippen LogP contribution in [-0.4, -0.2) is 53.1 Å². The van der Waals surface area contributed by atoms with Crippen molar-refractivity contribution in [3.8, 4) is 0 Å². The normalized spacial score (nSPS) is 12.2. The minimum atomic E-state index is -0.469. The number of carbonyl (C=O) groups excluding carboxylic acids is 2. The van der Waals surface area contributed by atoms with E-state index in [2.05, 4.69) is 53.3 Å². The number of thioether (sulfide) groups is 1. The van der Waals surface area contributed by atoms with Crippen molar-refractivity contribution in [1.29, 1.82) is 0 Å². The van der Waals surface area contributed by atoms with Gasteiger partial charge in [-0.2, -0.15) is 0 Å². The first kappa shape index (κ1) is 21.4. The van der Waals surface area contributed by atoms with Gasteiger partial charge < -0.3 is 14.8 Å². The molecule has 0 aliphatic heterocycles. The summed E-state index contributed by atoms with van der Waals surface area (Å²) in [6.45, 7) is 7.40. The molecule has 1 aromatic heterocycles. The molecule has 3 N–H and O–H groups in total. The molecule has 1 atom stereocenters. The van der Waals surface area contributed by atoms with E-state index in [1.54, 1.807) is 6.92 Å². The first-order chi connectivity index (χ1) is 11.9. The number of carbonyl (C=O) groups is 2. The molecule has 25 heavy (non-hydrogen) atoms. The molecule has 0 spiro atoms. The number of rotatable bonds is 10. The van der Waals surface area contributed by atoms with E-state index >= 15 is 0 Å². The van der Waals surface area contributed by atoms with E-state index in [1.165, 1.54) is 16.7 Å². The molecular formula is C16H31N6O2S+. The Bertz CT molecular complexity index is 561. The predicted molar refractivity (Wildman–Crippen MR) is 98.7 cm³/mol. The van der Waals surface area contributed by atoms with Crippen molar-refractivity contribution >= 4 is 23.7 Å². The molecule has 0 radical (unpaired) electrons. The summed E-state index contributed by atoms with van der Waals surface area (Å²) >= 11 is 1.31. The van der Waals surface area contributed by atoms with Crippen LogP contribution in [0.3, 0.4) is 0 Å². The summed E-state index contributed by atoms with van der Waals surface area (Å²) in [5.41, 5.74) is 0. The number of urea groups is 1. The van der Waals surface area contributed by atoms with E-state index in [4.69, 9.17) is 0 Å². The summed E-state index contributed by atoms with van der Waals surface area (Å²) in [6.07, 6.45) is 3.07. The molecule has 0 saturated carbocycles. The highest BCUT2D eigenvalue weighted by Crippen LogP contribution is 2.21. The number of hydrogen-bond acceptors (Lipinski definition) is 5. The average Bonchev–Trinajstić information content (AvgIpc) is 2.94. The molecule has 0 bridgehead atoms. The summed E-state index contributed by atoms with van der Waals surface area (Å²) < 4.78 is 2.12. The SMILES string of the molecule is CCCCn1c(SCC(=O)NC(=O)NCC)nnc1[C@H](CC)[NH+](C)C. The summed E-state index contributed by atoms with van der Waals surface area (Å²) in [7, 11) is 4.22. The van der Waals surface area contributed by atoms with E-state index in [0.717, 1.165) is 36.8 Å². The van der Waals surface area contributed by atoms with Gasteiger partial charge in [-0.05, 0) is 13.3 Å². The van der Waals surface area contributed by atoms with Crippen molar-refractivity contribution in [3.63, 3.8) is 0 Å². The van der Waals surface area contributed by atoms with Crippen LogP contribution >= 0.6 is 11.8 Å². The number of nitrogens with one attached hydrogen (secondary N) is 3. The Hall–Kier alpha value is -1.61. The lowest BCUT2D eigenvalue weighted by atomic mass is 10.2. The molecule has 0 saturated heterocycles. The van der Waals surface area contributed by atoms with Gasteiger partial charge in [-0.15, -0.1) is 10.2 Å². The molecule has 1 rings (SSSR count). The number of amides is 3. The minimum absolute atomic E-state index is 0.132. The fourth-order valence-electron chi connectivity index (χ4n) is 2.54. The van der Waals surface area contributed by atoms with Gasteiger partial charge in [0.15, 0.2) is 11.0 Å². The molecular weight excluding hydrogens is 340 g/mol. The van der Waals surface area contributed by atoms with E-state index in [-0.39, 0.29) is 17.7 Å².